The van der Waals surface area contributed by atoms with Gasteiger partial charge in [-0.2, -0.15) is 5.10 Å². The molecule has 0 bridgehead atoms. The number of carbonyl (C=O) groups is 1. The molecule has 0 aliphatic carbocycles. The monoisotopic (exact) mass is 460 g/mol. The van der Waals surface area contributed by atoms with E-state index in [1.807, 2.05) is 71.5 Å². The summed E-state index contributed by atoms with van der Waals surface area (Å²) in [6, 6.07) is 29.2. The quantitative estimate of drug-likeness (QED) is 0.338. The van der Waals surface area contributed by atoms with E-state index in [1.165, 1.54) is 0 Å². The molecule has 0 atom stereocenters. The summed E-state index contributed by atoms with van der Waals surface area (Å²) in [5.74, 6) is 0.306. The molecule has 0 saturated carbocycles. The van der Waals surface area contributed by atoms with Gasteiger partial charge in [0.15, 0.2) is 0 Å². The fraction of sp³-hybridized carbons (Fsp3) is 0.0714. The zero-order chi connectivity index (χ0) is 23.9. The Balaban J connectivity index is 1.33. The van der Waals surface area contributed by atoms with E-state index in [4.69, 9.17) is 5.10 Å². The van der Waals surface area contributed by atoms with Crippen LogP contribution in [0.1, 0.15) is 21.5 Å². The lowest BCUT2D eigenvalue weighted by Crippen LogP contribution is -2.23. The van der Waals surface area contributed by atoms with Crippen molar-refractivity contribution in [2.24, 2.45) is 0 Å². The van der Waals surface area contributed by atoms with E-state index in [9.17, 15) is 4.79 Å². The number of carbonyl (C=O) groups excluding carboxylic acids is 1. The first-order valence-corrected chi connectivity index (χ1v) is 11.3. The Morgan fingerprint density at radius 1 is 0.829 bits per heavy atom. The van der Waals surface area contributed by atoms with E-state index < -0.39 is 0 Å². The van der Waals surface area contributed by atoms with Crippen LogP contribution in [-0.4, -0.2) is 25.7 Å². The summed E-state index contributed by atoms with van der Waals surface area (Å²) >= 11 is 0. The summed E-state index contributed by atoms with van der Waals surface area (Å²) in [5, 5.41) is 11.0. The van der Waals surface area contributed by atoms with Crippen molar-refractivity contribution in [1.82, 2.24) is 25.1 Å². The molecule has 5 aromatic rings. The molecule has 2 heterocycles. The van der Waals surface area contributed by atoms with Crippen LogP contribution in [0.2, 0.25) is 0 Å². The van der Waals surface area contributed by atoms with E-state index in [0.29, 0.717) is 24.6 Å². The van der Waals surface area contributed by atoms with Gasteiger partial charge in [0, 0.05) is 47.5 Å². The largest absolute Gasteiger partial charge is 0.348 e. The molecule has 1 amide bonds. The van der Waals surface area contributed by atoms with Gasteiger partial charge in [0.1, 0.15) is 0 Å². The molecule has 3 aromatic carbocycles. The van der Waals surface area contributed by atoms with E-state index in [0.717, 1.165) is 28.1 Å². The van der Waals surface area contributed by atoms with Crippen LogP contribution in [0.25, 0.3) is 11.3 Å². The Morgan fingerprint density at radius 2 is 1.57 bits per heavy atom. The number of benzene rings is 3. The predicted octanol–water partition coefficient (Wildman–Crippen LogP) is 5.06. The molecule has 0 aliphatic rings. The van der Waals surface area contributed by atoms with Gasteiger partial charge >= 0.3 is 0 Å². The highest BCUT2D eigenvalue weighted by molar-refractivity contribution is 5.95. The van der Waals surface area contributed by atoms with Crippen LogP contribution >= 0.6 is 0 Å². The number of hydrogen-bond donors (Lipinski definition) is 2. The van der Waals surface area contributed by atoms with Crippen molar-refractivity contribution in [2.75, 3.05) is 5.32 Å². The van der Waals surface area contributed by atoms with Crippen molar-refractivity contribution < 1.29 is 4.79 Å². The van der Waals surface area contributed by atoms with E-state index in [1.54, 1.807) is 30.6 Å². The third-order valence-corrected chi connectivity index (χ3v) is 5.46. The summed E-state index contributed by atoms with van der Waals surface area (Å²) in [5.41, 5.74) is 5.27. The Bertz CT molecular complexity index is 1400. The standard InChI is InChI=1S/C28H24N6O/c35-27(23-13-7-14-25(17-23)32-28-29-15-8-16-30-28)31-18-24-20-34(19-21-9-3-1-4-10-21)33-26(24)22-11-5-2-6-12-22/h1-17,20H,18-19H2,(H,31,35)(H,29,30,32). The lowest BCUT2D eigenvalue weighted by atomic mass is 10.1. The van der Waals surface area contributed by atoms with Gasteiger partial charge in [0.2, 0.25) is 5.95 Å². The van der Waals surface area contributed by atoms with Gasteiger partial charge in [-0.1, -0.05) is 66.7 Å². The van der Waals surface area contributed by atoms with Gasteiger partial charge in [-0.15, -0.1) is 0 Å². The van der Waals surface area contributed by atoms with Crippen molar-refractivity contribution in [3.05, 3.63) is 126 Å². The first-order valence-electron chi connectivity index (χ1n) is 11.3. The second-order valence-electron chi connectivity index (χ2n) is 8.01. The van der Waals surface area contributed by atoms with E-state index >= 15 is 0 Å². The van der Waals surface area contributed by atoms with Crippen molar-refractivity contribution >= 4 is 17.5 Å². The Morgan fingerprint density at radius 3 is 2.34 bits per heavy atom. The van der Waals surface area contributed by atoms with Crippen LogP contribution in [0, 0.1) is 0 Å². The van der Waals surface area contributed by atoms with Crippen molar-refractivity contribution in [3.8, 4) is 11.3 Å². The maximum Gasteiger partial charge on any atom is 0.251 e. The highest BCUT2D eigenvalue weighted by atomic mass is 16.1. The summed E-state index contributed by atoms with van der Waals surface area (Å²) in [6.07, 6.45) is 5.32. The zero-order valence-corrected chi connectivity index (χ0v) is 19.0. The first kappa shape index (κ1) is 22.0. The predicted molar refractivity (Wildman–Crippen MR) is 136 cm³/mol. The second kappa shape index (κ2) is 10.4. The van der Waals surface area contributed by atoms with Crippen LogP contribution in [0.15, 0.2) is 110 Å². The van der Waals surface area contributed by atoms with Crippen LogP contribution in [-0.2, 0) is 13.1 Å². The topological polar surface area (TPSA) is 84.7 Å². The van der Waals surface area contributed by atoms with Crippen LogP contribution in [0.3, 0.4) is 0 Å². The number of amides is 1. The molecule has 7 heteroatoms. The van der Waals surface area contributed by atoms with Crippen LogP contribution in [0.4, 0.5) is 11.6 Å². The molecule has 0 fully saturated rings. The smallest absolute Gasteiger partial charge is 0.251 e. The normalized spacial score (nSPS) is 10.6. The molecule has 0 radical (unpaired) electrons. The lowest BCUT2D eigenvalue weighted by Gasteiger charge is -2.08. The van der Waals surface area contributed by atoms with Crippen LogP contribution in [0.5, 0.6) is 0 Å². The summed E-state index contributed by atoms with van der Waals surface area (Å²) in [4.78, 5) is 21.3. The number of nitrogens with zero attached hydrogens (tertiary/aromatic N) is 4. The third kappa shape index (κ3) is 5.59. The molecule has 0 unspecified atom stereocenters. The molecule has 35 heavy (non-hydrogen) atoms. The molecule has 2 N–H and O–H groups in total. The lowest BCUT2D eigenvalue weighted by molar-refractivity contribution is 0.0951. The minimum atomic E-state index is -0.169. The van der Waals surface area contributed by atoms with Gasteiger partial charge in [-0.3, -0.25) is 9.48 Å². The average Bonchev–Trinajstić information content (AvgIpc) is 3.31. The van der Waals surface area contributed by atoms with Gasteiger partial charge in [-0.25, -0.2) is 9.97 Å². The van der Waals surface area contributed by atoms with Gasteiger partial charge < -0.3 is 10.6 Å². The Kier molecular flexibility index (Phi) is 6.57. The van der Waals surface area contributed by atoms with Gasteiger partial charge in [0.05, 0.1) is 12.2 Å². The molecule has 0 aliphatic heterocycles. The molecule has 5 rings (SSSR count). The zero-order valence-electron chi connectivity index (χ0n) is 19.0. The van der Waals surface area contributed by atoms with E-state index in [2.05, 4.69) is 32.7 Å². The van der Waals surface area contributed by atoms with Crippen molar-refractivity contribution in [1.29, 1.82) is 0 Å². The average molecular weight is 461 g/mol. The highest BCUT2D eigenvalue weighted by Crippen LogP contribution is 2.23. The number of hydrogen-bond acceptors (Lipinski definition) is 5. The van der Waals surface area contributed by atoms with E-state index in [-0.39, 0.29) is 5.91 Å². The Labute approximate surface area is 203 Å². The summed E-state index contributed by atoms with van der Waals surface area (Å²) < 4.78 is 1.92. The maximum atomic E-state index is 13.0. The number of anilines is 2. The molecule has 2 aromatic heterocycles. The minimum absolute atomic E-state index is 0.169. The summed E-state index contributed by atoms with van der Waals surface area (Å²) in [6.45, 7) is 1.02. The molecular weight excluding hydrogens is 436 g/mol. The summed E-state index contributed by atoms with van der Waals surface area (Å²) in [7, 11) is 0. The molecule has 0 spiro atoms. The van der Waals surface area contributed by atoms with Crippen molar-refractivity contribution in [2.45, 2.75) is 13.1 Å². The number of nitrogens with one attached hydrogen (secondary N) is 2. The highest BCUT2D eigenvalue weighted by Gasteiger charge is 2.14. The fourth-order valence-corrected chi connectivity index (χ4v) is 3.79. The fourth-order valence-electron chi connectivity index (χ4n) is 3.79. The molecular formula is C28H24N6O. The number of aromatic nitrogens is 4. The second-order valence-corrected chi connectivity index (χ2v) is 8.01. The minimum Gasteiger partial charge on any atom is -0.348 e. The van der Waals surface area contributed by atoms with Gasteiger partial charge in [0.25, 0.3) is 5.91 Å². The molecule has 0 saturated heterocycles. The molecule has 7 nitrogen and oxygen atoms in total. The number of rotatable bonds is 8. The SMILES string of the molecule is O=C(NCc1cn(Cc2ccccc2)nc1-c1ccccc1)c1cccc(Nc2ncccn2)c1. The molecule has 172 valence electrons. The third-order valence-electron chi connectivity index (χ3n) is 5.46. The van der Waals surface area contributed by atoms with Gasteiger partial charge in [-0.05, 0) is 29.8 Å². The maximum absolute atomic E-state index is 13.0. The van der Waals surface area contributed by atoms with Crippen molar-refractivity contribution in [3.63, 3.8) is 0 Å². The first-order chi connectivity index (χ1) is 17.2. The Hall–Kier alpha value is -4.78. The van der Waals surface area contributed by atoms with Crippen LogP contribution < -0.4 is 10.6 Å².